The molecule has 0 amide bonds. The first-order chi connectivity index (χ1) is 7.83. The van der Waals surface area contributed by atoms with Crippen molar-refractivity contribution in [3.63, 3.8) is 0 Å². The molecule has 16 heavy (non-hydrogen) atoms. The van der Waals surface area contributed by atoms with Crippen LogP contribution in [0.3, 0.4) is 0 Å². The van der Waals surface area contributed by atoms with Gasteiger partial charge in [-0.3, -0.25) is 0 Å². The van der Waals surface area contributed by atoms with Gasteiger partial charge in [-0.2, -0.15) is 0 Å². The molecule has 2 heteroatoms. The maximum atomic E-state index is 6.07. The molecule has 1 saturated heterocycles. The van der Waals surface area contributed by atoms with Gasteiger partial charge in [0.25, 0.3) is 0 Å². The lowest BCUT2D eigenvalue weighted by Gasteiger charge is -2.29. The van der Waals surface area contributed by atoms with Gasteiger partial charge in [0.2, 0.25) is 0 Å². The summed E-state index contributed by atoms with van der Waals surface area (Å²) in [4.78, 5) is 0. The van der Waals surface area contributed by atoms with E-state index in [-0.39, 0.29) is 0 Å². The van der Waals surface area contributed by atoms with Gasteiger partial charge in [0.05, 0.1) is 0 Å². The Morgan fingerprint density at radius 3 is 2.94 bits per heavy atom. The molecule has 2 aliphatic rings. The normalized spacial score (nSPS) is 29.1. The number of benzene rings is 1. The highest BCUT2D eigenvalue weighted by molar-refractivity contribution is 6.30. The van der Waals surface area contributed by atoms with Crippen molar-refractivity contribution in [2.75, 3.05) is 6.54 Å². The Labute approximate surface area is 102 Å². The van der Waals surface area contributed by atoms with Crippen molar-refractivity contribution in [3.05, 3.63) is 34.3 Å². The van der Waals surface area contributed by atoms with E-state index in [0.29, 0.717) is 0 Å². The maximum absolute atomic E-state index is 6.07. The number of hydrogen-bond donors (Lipinski definition) is 1. The molecule has 86 valence electrons. The first-order valence-corrected chi connectivity index (χ1v) is 6.71. The summed E-state index contributed by atoms with van der Waals surface area (Å²) in [5, 5.41) is 4.53. The molecule has 1 aromatic rings. The SMILES string of the molecule is Clc1ccc2c(c1)CC(C1CCCN1)CC2. The van der Waals surface area contributed by atoms with E-state index in [1.54, 1.807) is 0 Å². The molecule has 1 aliphatic heterocycles. The molecule has 0 spiro atoms. The summed E-state index contributed by atoms with van der Waals surface area (Å²) in [5.41, 5.74) is 3.00. The average molecular weight is 236 g/mol. The fourth-order valence-corrected chi connectivity index (χ4v) is 3.41. The van der Waals surface area contributed by atoms with E-state index >= 15 is 0 Å². The van der Waals surface area contributed by atoms with E-state index in [9.17, 15) is 0 Å². The topological polar surface area (TPSA) is 12.0 Å². The molecule has 2 atom stereocenters. The van der Waals surface area contributed by atoms with Gasteiger partial charge in [-0.25, -0.2) is 0 Å². The number of fused-ring (bicyclic) bond motifs is 1. The molecule has 1 nitrogen and oxygen atoms in total. The van der Waals surface area contributed by atoms with Crippen LogP contribution in [0.4, 0.5) is 0 Å². The Morgan fingerprint density at radius 1 is 1.19 bits per heavy atom. The van der Waals surface area contributed by atoms with E-state index in [4.69, 9.17) is 11.6 Å². The molecule has 0 bridgehead atoms. The number of halogens is 1. The molecule has 0 aromatic heterocycles. The molecule has 0 saturated carbocycles. The first-order valence-electron chi connectivity index (χ1n) is 6.33. The first kappa shape index (κ1) is 10.6. The summed E-state index contributed by atoms with van der Waals surface area (Å²) in [6.45, 7) is 1.21. The number of rotatable bonds is 1. The fraction of sp³-hybridized carbons (Fsp3) is 0.571. The van der Waals surface area contributed by atoms with Crippen LogP contribution in [0.15, 0.2) is 18.2 Å². The molecule has 1 aliphatic carbocycles. The van der Waals surface area contributed by atoms with Crippen LogP contribution in [0.25, 0.3) is 0 Å². The molecule has 1 N–H and O–H groups in total. The minimum Gasteiger partial charge on any atom is -0.314 e. The monoisotopic (exact) mass is 235 g/mol. The quantitative estimate of drug-likeness (QED) is 0.789. The summed E-state index contributed by atoms with van der Waals surface area (Å²) in [6.07, 6.45) is 6.50. The minimum atomic E-state index is 0.757. The zero-order chi connectivity index (χ0) is 11.0. The number of hydrogen-bond acceptors (Lipinski definition) is 1. The largest absolute Gasteiger partial charge is 0.314 e. The summed E-state index contributed by atoms with van der Waals surface area (Å²) in [7, 11) is 0. The third kappa shape index (κ3) is 1.99. The van der Waals surface area contributed by atoms with Gasteiger partial charge in [0.1, 0.15) is 0 Å². The Hall–Kier alpha value is -0.530. The van der Waals surface area contributed by atoms with Crippen LogP contribution in [0.1, 0.15) is 30.4 Å². The summed E-state index contributed by atoms with van der Waals surface area (Å²) < 4.78 is 0. The highest BCUT2D eigenvalue weighted by Gasteiger charge is 2.27. The van der Waals surface area contributed by atoms with Crippen molar-refractivity contribution in [2.24, 2.45) is 5.92 Å². The Bertz CT molecular complexity index is 382. The van der Waals surface area contributed by atoms with Crippen LogP contribution < -0.4 is 5.32 Å². The van der Waals surface area contributed by atoms with Crippen molar-refractivity contribution in [1.82, 2.24) is 5.32 Å². The van der Waals surface area contributed by atoms with E-state index in [0.717, 1.165) is 17.0 Å². The lowest BCUT2D eigenvalue weighted by molar-refractivity contribution is 0.349. The van der Waals surface area contributed by atoms with Crippen molar-refractivity contribution < 1.29 is 0 Å². The Balaban J connectivity index is 1.79. The molecular formula is C14H18ClN. The van der Waals surface area contributed by atoms with Crippen LogP contribution >= 0.6 is 11.6 Å². The molecule has 3 rings (SSSR count). The van der Waals surface area contributed by atoms with Crippen molar-refractivity contribution in [2.45, 2.75) is 38.1 Å². The lowest BCUT2D eigenvalue weighted by atomic mass is 9.79. The van der Waals surface area contributed by atoms with Crippen LogP contribution in [-0.2, 0) is 12.8 Å². The second kappa shape index (κ2) is 4.38. The van der Waals surface area contributed by atoms with Crippen LogP contribution in [0.2, 0.25) is 5.02 Å². The Morgan fingerprint density at radius 2 is 2.12 bits per heavy atom. The second-order valence-corrected chi connectivity index (χ2v) is 5.56. The van der Waals surface area contributed by atoms with Gasteiger partial charge in [-0.1, -0.05) is 17.7 Å². The van der Waals surface area contributed by atoms with E-state index in [1.165, 1.54) is 49.8 Å². The third-order valence-corrected chi connectivity index (χ3v) is 4.34. The predicted octanol–water partition coefficient (Wildman–Crippen LogP) is 3.20. The van der Waals surface area contributed by atoms with E-state index in [2.05, 4.69) is 17.4 Å². The van der Waals surface area contributed by atoms with E-state index in [1.807, 2.05) is 6.07 Å². The zero-order valence-electron chi connectivity index (χ0n) is 9.51. The van der Waals surface area contributed by atoms with Gasteiger partial charge in [-0.15, -0.1) is 0 Å². The predicted molar refractivity (Wildman–Crippen MR) is 68.0 cm³/mol. The fourth-order valence-electron chi connectivity index (χ4n) is 3.21. The zero-order valence-corrected chi connectivity index (χ0v) is 10.3. The van der Waals surface area contributed by atoms with Crippen molar-refractivity contribution in [1.29, 1.82) is 0 Å². The summed E-state index contributed by atoms with van der Waals surface area (Å²) in [6, 6.07) is 7.15. The molecule has 1 heterocycles. The highest BCUT2D eigenvalue weighted by atomic mass is 35.5. The summed E-state index contributed by atoms with van der Waals surface area (Å²) >= 11 is 6.07. The molecule has 0 radical (unpaired) electrons. The molecular weight excluding hydrogens is 218 g/mol. The minimum absolute atomic E-state index is 0.757. The van der Waals surface area contributed by atoms with Gasteiger partial charge >= 0.3 is 0 Å². The van der Waals surface area contributed by atoms with Gasteiger partial charge in [-0.05, 0) is 67.8 Å². The highest BCUT2D eigenvalue weighted by Crippen LogP contribution is 2.31. The molecule has 2 unspecified atom stereocenters. The summed E-state index contributed by atoms with van der Waals surface area (Å²) in [5.74, 6) is 0.827. The molecule has 1 fully saturated rings. The van der Waals surface area contributed by atoms with Crippen LogP contribution in [0, 0.1) is 5.92 Å². The third-order valence-electron chi connectivity index (χ3n) is 4.10. The van der Waals surface area contributed by atoms with Crippen LogP contribution in [-0.4, -0.2) is 12.6 Å². The van der Waals surface area contributed by atoms with Gasteiger partial charge in [0, 0.05) is 11.1 Å². The Kier molecular flexibility index (Phi) is 2.91. The van der Waals surface area contributed by atoms with Crippen molar-refractivity contribution >= 4 is 11.6 Å². The molecule has 1 aromatic carbocycles. The standard InChI is InChI=1S/C14H18ClN/c15-13-6-5-10-3-4-11(8-12(10)9-13)14-2-1-7-16-14/h5-6,9,11,14,16H,1-4,7-8H2. The number of nitrogens with one attached hydrogen (secondary N) is 1. The maximum Gasteiger partial charge on any atom is 0.0408 e. The smallest absolute Gasteiger partial charge is 0.0408 e. The van der Waals surface area contributed by atoms with Crippen molar-refractivity contribution in [3.8, 4) is 0 Å². The van der Waals surface area contributed by atoms with E-state index < -0.39 is 0 Å². The average Bonchev–Trinajstić information content (AvgIpc) is 2.81. The number of aryl methyl sites for hydroxylation is 1. The van der Waals surface area contributed by atoms with Gasteiger partial charge < -0.3 is 5.32 Å². The lowest BCUT2D eigenvalue weighted by Crippen LogP contribution is -2.34. The second-order valence-electron chi connectivity index (χ2n) is 5.12. The van der Waals surface area contributed by atoms with Crippen LogP contribution in [0.5, 0.6) is 0 Å². The van der Waals surface area contributed by atoms with Gasteiger partial charge in [0.15, 0.2) is 0 Å².